The van der Waals surface area contributed by atoms with Gasteiger partial charge in [0.1, 0.15) is 0 Å². The van der Waals surface area contributed by atoms with E-state index >= 15 is 0 Å². The van der Waals surface area contributed by atoms with Crippen molar-refractivity contribution in [3.63, 3.8) is 0 Å². The van der Waals surface area contributed by atoms with Crippen LogP contribution in [-0.4, -0.2) is 31.5 Å². The highest BCUT2D eigenvalue weighted by Crippen LogP contribution is 2.34. The Morgan fingerprint density at radius 1 is 1.21 bits per heavy atom. The van der Waals surface area contributed by atoms with Crippen LogP contribution in [0.4, 0.5) is 11.4 Å². The first-order valence-electron chi connectivity index (χ1n) is 9.31. The Morgan fingerprint density at radius 2 is 1.86 bits per heavy atom. The molecule has 2 amide bonds. The molecule has 0 bridgehead atoms. The minimum atomic E-state index is -3.70. The van der Waals surface area contributed by atoms with Gasteiger partial charge in [-0.2, -0.15) is 0 Å². The molecule has 1 aliphatic rings. The molecule has 0 saturated carbocycles. The Hall–Kier alpha value is -2.38. The molecular weight excluding hydrogens is 412 g/mol. The van der Waals surface area contributed by atoms with Crippen molar-refractivity contribution in [2.45, 2.75) is 49.8 Å². The zero-order valence-electron chi connectivity index (χ0n) is 16.5. The number of hydrogen-bond donors (Lipinski definition) is 1. The molecule has 0 radical (unpaired) electrons. The molecule has 0 aliphatic carbocycles. The lowest BCUT2D eigenvalue weighted by Gasteiger charge is -2.20. The lowest BCUT2D eigenvalue weighted by atomic mass is 10.1. The first kappa shape index (κ1) is 21.3. The summed E-state index contributed by atoms with van der Waals surface area (Å²) >= 11 is 5.82. The molecule has 0 spiro atoms. The van der Waals surface area contributed by atoms with Gasteiger partial charge >= 0.3 is 0 Å². The van der Waals surface area contributed by atoms with Gasteiger partial charge in [-0.1, -0.05) is 11.6 Å². The lowest BCUT2D eigenvalue weighted by Crippen LogP contribution is -2.33. The Bertz CT molecular complexity index is 1050. The minimum Gasteiger partial charge on any atom is -0.326 e. The number of rotatable bonds is 5. The highest BCUT2D eigenvalue weighted by Gasteiger charge is 2.32. The molecule has 0 fully saturated rings. The molecule has 3 rings (SSSR count). The van der Waals surface area contributed by atoms with Gasteiger partial charge in [0.2, 0.25) is 11.8 Å². The predicted octanol–water partition coefficient (Wildman–Crippen LogP) is 3.83. The van der Waals surface area contributed by atoms with Gasteiger partial charge in [-0.05, 0) is 68.3 Å². The van der Waals surface area contributed by atoms with E-state index in [9.17, 15) is 18.0 Å². The average Bonchev–Trinajstić information content (AvgIpc) is 2.98. The molecule has 6 nitrogen and oxygen atoms in total. The molecule has 2 atom stereocenters. The van der Waals surface area contributed by atoms with Crippen LogP contribution in [0.5, 0.6) is 0 Å². The molecular formula is C21H23ClN2O4S. The number of benzene rings is 2. The summed E-state index contributed by atoms with van der Waals surface area (Å²) in [6.07, 6.45) is 0.432. The van der Waals surface area contributed by atoms with Crippen molar-refractivity contribution in [3.05, 3.63) is 53.1 Å². The van der Waals surface area contributed by atoms with E-state index < -0.39 is 15.1 Å². The van der Waals surface area contributed by atoms with Gasteiger partial charge < -0.3 is 10.2 Å². The number of sulfone groups is 1. The van der Waals surface area contributed by atoms with E-state index in [4.69, 9.17) is 11.6 Å². The fourth-order valence-electron chi connectivity index (χ4n) is 3.61. The summed E-state index contributed by atoms with van der Waals surface area (Å²) in [6.45, 7) is 4.95. The van der Waals surface area contributed by atoms with Crippen LogP contribution in [0.1, 0.15) is 32.8 Å². The van der Waals surface area contributed by atoms with Gasteiger partial charge in [0, 0.05) is 35.8 Å². The molecule has 0 aromatic heterocycles. The molecule has 1 aliphatic heterocycles. The number of anilines is 2. The van der Waals surface area contributed by atoms with E-state index in [1.807, 2.05) is 6.92 Å². The molecule has 1 N–H and O–H groups in total. The van der Waals surface area contributed by atoms with Gasteiger partial charge in [-0.3, -0.25) is 9.59 Å². The van der Waals surface area contributed by atoms with Crippen LogP contribution in [-0.2, 0) is 25.8 Å². The van der Waals surface area contributed by atoms with Crippen LogP contribution in [0.25, 0.3) is 0 Å². The second-order valence-corrected chi connectivity index (χ2v) is 10.2. The van der Waals surface area contributed by atoms with Crippen molar-refractivity contribution in [3.8, 4) is 0 Å². The predicted molar refractivity (Wildman–Crippen MR) is 114 cm³/mol. The Morgan fingerprint density at radius 3 is 2.48 bits per heavy atom. The maximum atomic E-state index is 13.0. The monoisotopic (exact) mass is 434 g/mol. The summed E-state index contributed by atoms with van der Waals surface area (Å²) in [5, 5.41) is 2.34. The van der Waals surface area contributed by atoms with E-state index in [0.29, 0.717) is 17.1 Å². The Balaban J connectivity index is 1.75. The van der Waals surface area contributed by atoms with Crippen LogP contribution < -0.4 is 10.2 Å². The number of carbonyl (C=O) groups excluding carboxylic acids is 2. The standard InChI is InChI=1S/C21H23ClN2O4S/c1-13-10-16-12-19(8-9-20(16)24(13)15(3)25)29(27,28)14(2)11-21(26)23-18-6-4-17(22)5-7-18/h4-9,12-14H,10-11H2,1-3H3,(H,23,26)/t13-,14+/m0/s1. The Labute approximate surface area is 175 Å². The molecule has 1 heterocycles. The van der Waals surface area contributed by atoms with Crippen molar-refractivity contribution in [1.29, 1.82) is 0 Å². The molecule has 2 aromatic rings. The third-order valence-electron chi connectivity index (χ3n) is 5.06. The quantitative estimate of drug-likeness (QED) is 0.775. The number of amides is 2. The van der Waals surface area contributed by atoms with Gasteiger partial charge in [0.15, 0.2) is 9.84 Å². The van der Waals surface area contributed by atoms with E-state index in [1.165, 1.54) is 19.9 Å². The van der Waals surface area contributed by atoms with E-state index in [1.54, 1.807) is 41.3 Å². The number of nitrogens with zero attached hydrogens (tertiary/aromatic N) is 1. The fourth-order valence-corrected chi connectivity index (χ4v) is 5.14. The van der Waals surface area contributed by atoms with Gasteiger partial charge in [-0.15, -0.1) is 0 Å². The average molecular weight is 435 g/mol. The molecule has 8 heteroatoms. The van der Waals surface area contributed by atoms with Crippen molar-refractivity contribution in [2.75, 3.05) is 10.2 Å². The number of fused-ring (bicyclic) bond motifs is 1. The van der Waals surface area contributed by atoms with E-state index in [-0.39, 0.29) is 29.2 Å². The van der Waals surface area contributed by atoms with Crippen molar-refractivity contribution < 1.29 is 18.0 Å². The molecule has 0 saturated heterocycles. The second kappa shape index (κ2) is 8.16. The van der Waals surface area contributed by atoms with Crippen LogP contribution in [0.15, 0.2) is 47.4 Å². The summed E-state index contributed by atoms with van der Waals surface area (Å²) in [5.74, 6) is -0.458. The van der Waals surface area contributed by atoms with Crippen LogP contribution in [0.3, 0.4) is 0 Å². The molecule has 2 aromatic carbocycles. The van der Waals surface area contributed by atoms with Crippen molar-refractivity contribution in [1.82, 2.24) is 0 Å². The zero-order valence-corrected chi connectivity index (χ0v) is 18.0. The maximum absolute atomic E-state index is 13.0. The molecule has 29 heavy (non-hydrogen) atoms. The smallest absolute Gasteiger partial charge is 0.225 e. The van der Waals surface area contributed by atoms with Crippen molar-refractivity contribution >= 4 is 44.6 Å². The molecule has 154 valence electrons. The normalized spacial score (nSPS) is 17.0. The third-order valence-corrected chi connectivity index (χ3v) is 7.45. The minimum absolute atomic E-state index is 0.0111. The van der Waals surface area contributed by atoms with Crippen LogP contribution in [0.2, 0.25) is 5.02 Å². The summed E-state index contributed by atoms with van der Waals surface area (Å²) in [5.41, 5.74) is 2.13. The number of hydrogen-bond acceptors (Lipinski definition) is 4. The van der Waals surface area contributed by atoms with Crippen LogP contribution in [0, 0.1) is 0 Å². The van der Waals surface area contributed by atoms with E-state index in [2.05, 4.69) is 5.32 Å². The first-order valence-corrected chi connectivity index (χ1v) is 11.2. The second-order valence-electron chi connectivity index (χ2n) is 7.35. The largest absolute Gasteiger partial charge is 0.326 e. The topological polar surface area (TPSA) is 83.6 Å². The number of nitrogens with one attached hydrogen (secondary N) is 1. The third kappa shape index (κ3) is 4.46. The number of halogens is 1. The fraction of sp³-hybridized carbons (Fsp3) is 0.333. The molecule has 0 unspecified atom stereocenters. The van der Waals surface area contributed by atoms with E-state index in [0.717, 1.165) is 11.3 Å². The summed E-state index contributed by atoms with van der Waals surface area (Å²) in [4.78, 5) is 26.0. The highest BCUT2D eigenvalue weighted by molar-refractivity contribution is 7.92. The lowest BCUT2D eigenvalue weighted by molar-refractivity contribution is -0.117. The summed E-state index contributed by atoms with van der Waals surface area (Å²) < 4.78 is 26.0. The zero-order chi connectivity index (χ0) is 21.3. The Kier molecular flexibility index (Phi) is 6.00. The first-order chi connectivity index (χ1) is 13.6. The van der Waals surface area contributed by atoms with Crippen molar-refractivity contribution in [2.24, 2.45) is 0 Å². The van der Waals surface area contributed by atoms with Gasteiger partial charge in [-0.25, -0.2) is 8.42 Å². The number of carbonyl (C=O) groups is 2. The maximum Gasteiger partial charge on any atom is 0.225 e. The van der Waals surface area contributed by atoms with Gasteiger partial charge in [0.05, 0.1) is 10.1 Å². The van der Waals surface area contributed by atoms with Gasteiger partial charge in [0.25, 0.3) is 0 Å². The SMILES string of the molecule is CC(=O)N1c2ccc(S(=O)(=O)[C@H](C)CC(=O)Nc3ccc(Cl)cc3)cc2C[C@@H]1C. The summed E-state index contributed by atoms with van der Waals surface area (Å²) in [7, 11) is -3.70. The summed E-state index contributed by atoms with van der Waals surface area (Å²) in [6, 6.07) is 11.4. The van der Waals surface area contributed by atoms with Crippen LogP contribution >= 0.6 is 11.6 Å². The highest BCUT2D eigenvalue weighted by atomic mass is 35.5.